The van der Waals surface area contributed by atoms with E-state index in [0.717, 1.165) is 6.42 Å². The van der Waals surface area contributed by atoms with Crippen LogP contribution in [0.5, 0.6) is 0 Å². The van der Waals surface area contributed by atoms with E-state index in [4.69, 9.17) is 6.42 Å². The molecule has 0 nitrogen and oxygen atoms in total. The van der Waals surface area contributed by atoms with Gasteiger partial charge in [-0.05, 0) is 19.1 Å². The van der Waals surface area contributed by atoms with Crippen molar-refractivity contribution in [3.63, 3.8) is 0 Å². The molecule has 0 amide bonds. The SMILES string of the molecule is [C]#CC(CCCCCC)SC. The highest BCUT2D eigenvalue weighted by molar-refractivity contribution is 7.99. The Balaban J connectivity index is 3.16. The topological polar surface area (TPSA) is 0 Å². The lowest BCUT2D eigenvalue weighted by Gasteiger charge is -2.05. The first-order valence-corrected chi connectivity index (χ1v) is 5.59. The van der Waals surface area contributed by atoms with Crippen molar-refractivity contribution in [2.75, 3.05) is 6.26 Å². The summed E-state index contributed by atoms with van der Waals surface area (Å²) in [5, 5.41) is 0.340. The summed E-state index contributed by atoms with van der Waals surface area (Å²) in [6.45, 7) is 2.22. The van der Waals surface area contributed by atoms with Crippen molar-refractivity contribution in [1.29, 1.82) is 0 Å². The van der Waals surface area contributed by atoms with Gasteiger partial charge in [-0.1, -0.05) is 38.5 Å². The van der Waals surface area contributed by atoms with Crippen molar-refractivity contribution in [3.05, 3.63) is 6.42 Å². The second-order valence-electron chi connectivity index (χ2n) is 2.72. The first kappa shape index (κ1) is 10.9. The van der Waals surface area contributed by atoms with Gasteiger partial charge in [0.1, 0.15) is 0 Å². The quantitative estimate of drug-likeness (QED) is 0.434. The van der Waals surface area contributed by atoms with Crippen LogP contribution in [0.4, 0.5) is 0 Å². The summed E-state index contributed by atoms with van der Waals surface area (Å²) in [5.74, 6) is 2.54. The molecule has 0 N–H and O–H groups in total. The summed E-state index contributed by atoms with van der Waals surface area (Å²) in [4.78, 5) is 0. The van der Waals surface area contributed by atoms with Gasteiger partial charge >= 0.3 is 0 Å². The lowest BCUT2D eigenvalue weighted by atomic mass is 10.1. The fraction of sp³-hybridized carbons (Fsp3) is 0.800. The Morgan fingerprint density at radius 2 is 2.09 bits per heavy atom. The summed E-state index contributed by atoms with van der Waals surface area (Å²) in [5.41, 5.74) is 0. The van der Waals surface area contributed by atoms with E-state index in [9.17, 15) is 0 Å². The number of hydrogen-bond acceptors (Lipinski definition) is 1. The Hall–Kier alpha value is -0.0900. The van der Waals surface area contributed by atoms with Crippen LogP contribution in [0.15, 0.2) is 0 Å². The molecule has 0 spiro atoms. The van der Waals surface area contributed by atoms with Crippen LogP contribution in [0, 0.1) is 12.3 Å². The largest absolute Gasteiger partial charge is 0.149 e. The molecule has 0 bridgehead atoms. The van der Waals surface area contributed by atoms with Crippen LogP contribution in [0.3, 0.4) is 0 Å². The Morgan fingerprint density at radius 3 is 2.55 bits per heavy atom. The highest BCUT2D eigenvalue weighted by Gasteiger charge is 2.00. The molecule has 1 radical (unpaired) electrons. The monoisotopic (exact) mass is 169 g/mol. The minimum atomic E-state index is 0.340. The standard InChI is InChI=1S/C10H17S/c1-4-6-7-8-9-10(5-2)11-3/h10H,4,6-9H2,1,3H3. The molecule has 0 aromatic rings. The molecule has 0 fully saturated rings. The summed E-state index contributed by atoms with van der Waals surface area (Å²) in [6.07, 6.45) is 15.3. The van der Waals surface area contributed by atoms with Crippen molar-refractivity contribution in [2.45, 2.75) is 44.3 Å². The lowest BCUT2D eigenvalue weighted by molar-refractivity contribution is 0.645. The molecular weight excluding hydrogens is 152 g/mol. The average Bonchev–Trinajstić information content (AvgIpc) is 2.05. The van der Waals surface area contributed by atoms with Crippen LogP contribution in [0.2, 0.25) is 0 Å². The molecule has 1 unspecified atom stereocenters. The molecular formula is C10H17S. The predicted molar refractivity (Wildman–Crippen MR) is 53.2 cm³/mol. The maximum atomic E-state index is 6.97. The molecule has 0 heterocycles. The van der Waals surface area contributed by atoms with E-state index in [1.807, 2.05) is 6.26 Å². The van der Waals surface area contributed by atoms with Crippen molar-refractivity contribution in [1.82, 2.24) is 0 Å². The summed E-state index contributed by atoms with van der Waals surface area (Å²) in [7, 11) is 0. The van der Waals surface area contributed by atoms with Crippen LogP contribution in [-0.2, 0) is 0 Å². The maximum absolute atomic E-state index is 6.97. The van der Waals surface area contributed by atoms with Crippen molar-refractivity contribution in [2.24, 2.45) is 0 Å². The fourth-order valence-corrected chi connectivity index (χ4v) is 1.53. The van der Waals surface area contributed by atoms with E-state index >= 15 is 0 Å². The van der Waals surface area contributed by atoms with Gasteiger partial charge in [-0.3, -0.25) is 0 Å². The summed E-state index contributed by atoms with van der Waals surface area (Å²) >= 11 is 1.73. The van der Waals surface area contributed by atoms with Crippen molar-refractivity contribution < 1.29 is 0 Å². The van der Waals surface area contributed by atoms with Gasteiger partial charge < -0.3 is 0 Å². The zero-order chi connectivity index (χ0) is 8.53. The Kier molecular flexibility index (Phi) is 7.95. The number of rotatable bonds is 6. The first-order chi connectivity index (χ1) is 5.35. The van der Waals surface area contributed by atoms with Crippen LogP contribution in [-0.4, -0.2) is 11.5 Å². The minimum absolute atomic E-state index is 0.340. The van der Waals surface area contributed by atoms with Gasteiger partial charge in [-0.15, -0.1) is 11.8 Å². The summed E-state index contributed by atoms with van der Waals surface area (Å²) in [6, 6.07) is 0. The molecule has 11 heavy (non-hydrogen) atoms. The summed E-state index contributed by atoms with van der Waals surface area (Å²) < 4.78 is 0. The molecule has 0 aliphatic rings. The molecule has 1 atom stereocenters. The number of thioether (sulfide) groups is 1. The molecule has 0 rings (SSSR count). The van der Waals surface area contributed by atoms with Gasteiger partial charge in [0.2, 0.25) is 0 Å². The van der Waals surface area contributed by atoms with E-state index in [0.29, 0.717) is 5.25 Å². The second-order valence-corrected chi connectivity index (χ2v) is 3.76. The van der Waals surface area contributed by atoms with E-state index in [2.05, 4.69) is 12.8 Å². The third-order valence-corrected chi connectivity index (χ3v) is 2.69. The predicted octanol–water partition coefficient (Wildman–Crippen LogP) is 3.28. The Morgan fingerprint density at radius 1 is 1.36 bits per heavy atom. The van der Waals surface area contributed by atoms with Gasteiger partial charge in [0, 0.05) is 0 Å². The third kappa shape index (κ3) is 6.31. The van der Waals surface area contributed by atoms with Gasteiger partial charge in [0.25, 0.3) is 0 Å². The van der Waals surface area contributed by atoms with E-state index in [1.165, 1.54) is 25.7 Å². The second kappa shape index (κ2) is 8.01. The smallest absolute Gasteiger partial charge is 0.0664 e. The molecule has 0 aromatic carbocycles. The maximum Gasteiger partial charge on any atom is 0.0664 e. The Bertz CT molecular complexity index is 113. The molecule has 0 saturated carbocycles. The highest BCUT2D eigenvalue weighted by atomic mass is 32.2. The zero-order valence-corrected chi connectivity index (χ0v) is 8.34. The van der Waals surface area contributed by atoms with Gasteiger partial charge in [-0.25, -0.2) is 0 Å². The molecule has 1 heteroatoms. The first-order valence-electron chi connectivity index (χ1n) is 4.30. The van der Waals surface area contributed by atoms with Crippen molar-refractivity contribution in [3.8, 4) is 5.92 Å². The van der Waals surface area contributed by atoms with Gasteiger partial charge in [0.15, 0.2) is 0 Å². The third-order valence-electron chi connectivity index (χ3n) is 1.77. The zero-order valence-electron chi connectivity index (χ0n) is 7.52. The van der Waals surface area contributed by atoms with Crippen LogP contribution < -0.4 is 0 Å². The highest BCUT2D eigenvalue weighted by Crippen LogP contribution is 2.14. The Labute approximate surface area is 75.1 Å². The number of hydrogen-bond donors (Lipinski definition) is 0. The van der Waals surface area contributed by atoms with Gasteiger partial charge in [0.05, 0.1) is 5.25 Å². The fourth-order valence-electron chi connectivity index (χ4n) is 1.01. The van der Waals surface area contributed by atoms with Crippen LogP contribution in [0.1, 0.15) is 39.0 Å². The van der Waals surface area contributed by atoms with E-state index in [1.54, 1.807) is 11.8 Å². The van der Waals surface area contributed by atoms with Crippen molar-refractivity contribution >= 4 is 11.8 Å². The van der Waals surface area contributed by atoms with E-state index < -0.39 is 0 Å². The normalized spacial score (nSPS) is 12.5. The van der Waals surface area contributed by atoms with Gasteiger partial charge in [-0.2, -0.15) is 0 Å². The average molecular weight is 169 g/mol. The molecule has 63 valence electrons. The van der Waals surface area contributed by atoms with Crippen LogP contribution >= 0.6 is 11.8 Å². The molecule has 0 aliphatic carbocycles. The number of unbranched alkanes of at least 4 members (excludes halogenated alkanes) is 3. The van der Waals surface area contributed by atoms with E-state index in [-0.39, 0.29) is 0 Å². The lowest BCUT2D eigenvalue weighted by Crippen LogP contribution is -1.96. The molecule has 0 saturated heterocycles. The minimum Gasteiger partial charge on any atom is -0.149 e. The van der Waals surface area contributed by atoms with Crippen LogP contribution in [0.25, 0.3) is 0 Å². The molecule has 0 aromatic heterocycles. The molecule has 0 aliphatic heterocycles.